The highest BCUT2D eigenvalue weighted by atomic mass is 35.5. The SMILES string of the molecule is Clc1ccc(Cl)c(Nc2nccc(Nc3ccc4c(c3)OCO4)n2)c1. The minimum atomic E-state index is 0.237. The molecule has 0 saturated carbocycles. The number of nitrogens with one attached hydrogen (secondary N) is 2. The summed E-state index contributed by atoms with van der Waals surface area (Å²) in [6.45, 7) is 0.237. The molecule has 0 spiro atoms. The van der Waals surface area contributed by atoms with E-state index in [1.165, 1.54) is 0 Å². The zero-order valence-corrected chi connectivity index (χ0v) is 14.3. The number of rotatable bonds is 4. The molecule has 0 fully saturated rings. The largest absolute Gasteiger partial charge is 0.454 e. The van der Waals surface area contributed by atoms with Crippen LogP contribution in [0.1, 0.15) is 0 Å². The van der Waals surface area contributed by atoms with Gasteiger partial charge in [0.25, 0.3) is 0 Å². The van der Waals surface area contributed by atoms with Crippen LogP contribution in [0.4, 0.5) is 23.1 Å². The molecule has 3 aromatic rings. The summed E-state index contributed by atoms with van der Waals surface area (Å²) in [6.07, 6.45) is 1.64. The van der Waals surface area contributed by atoms with E-state index < -0.39 is 0 Å². The summed E-state index contributed by atoms with van der Waals surface area (Å²) in [5.41, 5.74) is 1.46. The van der Waals surface area contributed by atoms with Crippen molar-refractivity contribution >= 4 is 46.3 Å². The summed E-state index contributed by atoms with van der Waals surface area (Å²) in [7, 11) is 0. The van der Waals surface area contributed by atoms with Crippen LogP contribution in [0.15, 0.2) is 48.7 Å². The number of hydrogen-bond donors (Lipinski definition) is 2. The van der Waals surface area contributed by atoms with Crippen molar-refractivity contribution in [3.63, 3.8) is 0 Å². The molecule has 1 aliphatic heterocycles. The monoisotopic (exact) mass is 374 g/mol. The van der Waals surface area contributed by atoms with Gasteiger partial charge in [-0.3, -0.25) is 0 Å². The summed E-state index contributed by atoms with van der Waals surface area (Å²) in [5, 5.41) is 7.36. The Kier molecular flexibility index (Phi) is 4.21. The first-order chi connectivity index (χ1) is 12.2. The maximum Gasteiger partial charge on any atom is 0.231 e. The van der Waals surface area contributed by atoms with E-state index in [-0.39, 0.29) is 6.79 Å². The highest BCUT2D eigenvalue weighted by Crippen LogP contribution is 2.35. The van der Waals surface area contributed by atoms with Crippen LogP contribution in [0.3, 0.4) is 0 Å². The van der Waals surface area contributed by atoms with Gasteiger partial charge in [0.2, 0.25) is 12.7 Å². The Bertz CT molecular complexity index is 936. The van der Waals surface area contributed by atoms with Crippen molar-refractivity contribution in [2.24, 2.45) is 0 Å². The Labute approximate surface area is 153 Å². The Morgan fingerprint density at radius 3 is 2.72 bits per heavy atom. The molecule has 2 N–H and O–H groups in total. The van der Waals surface area contributed by atoms with Crippen LogP contribution < -0.4 is 20.1 Å². The minimum Gasteiger partial charge on any atom is -0.454 e. The molecule has 0 bridgehead atoms. The fraction of sp³-hybridized carbons (Fsp3) is 0.0588. The number of fused-ring (bicyclic) bond motifs is 1. The van der Waals surface area contributed by atoms with Gasteiger partial charge in [0.15, 0.2) is 11.5 Å². The predicted octanol–water partition coefficient (Wildman–Crippen LogP) is 5.00. The molecule has 0 atom stereocenters. The summed E-state index contributed by atoms with van der Waals surface area (Å²) < 4.78 is 10.7. The van der Waals surface area contributed by atoms with Crippen LogP contribution in [0.25, 0.3) is 0 Å². The second-order valence-electron chi connectivity index (χ2n) is 5.21. The molecule has 126 valence electrons. The molecule has 4 rings (SSSR count). The van der Waals surface area contributed by atoms with Crippen molar-refractivity contribution < 1.29 is 9.47 Å². The zero-order valence-electron chi connectivity index (χ0n) is 12.8. The number of aromatic nitrogens is 2. The van der Waals surface area contributed by atoms with Gasteiger partial charge >= 0.3 is 0 Å². The van der Waals surface area contributed by atoms with Gasteiger partial charge in [0.05, 0.1) is 10.7 Å². The van der Waals surface area contributed by atoms with Gasteiger partial charge < -0.3 is 20.1 Å². The standard InChI is InChI=1S/C17H12Cl2N4O2/c18-10-1-3-12(19)13(7-10)22-17-20-6-5-16(23-17)21-11-2-4-14-15(8-11)25-9-24-14/h1-8H,9H2,(H2,20,21,22,23). The zero-order chi connectivity index (χ0) is 17.2. The molecular formula is C17H12Cl2N4O2. The number of anilines is 4. The Balaban J connectivity index is 1.54. The third-order valence-electron chi connectivity index (χ3n) is 3.48. The van der Waals surface area contributed by atoms with Crippen molar-refractivity contribution in [1.82, 2.24) is 9.97 Å². The average molecular weight is 375 g/mol. The van der Waals surface area contributed by atoms with Gasteiger partial charge in [-0.05, 0) is 36.4 Å². The minimum absolute atomic E-state index is 0.237. The van der Waals surface area contributed by atoms with E-state index in [9.17, 15) is 0 Å². The molecule has 2 heterocycles. The maximum atomic E-state index is 6.15. The van der Waals surface area contributed by atoms with Gasteiger partial charge in [0.1, 0.15) is 5.82 Å². The van der Waals surface area contributed by atoms with E-state index in [0.717, 1.165) is 11.4 Å². The first-order valence-electron chi connectivity index (χ1n) is 7.39. The van der Waals surface area contributed by atoms with Gasteiger partial charge in [0, 0.05) is 23.0 Å². The quantitative estimate of drug-likeness (QED) is 0.669. The topological polar surface area (TPSA) is 68.3 Å². The second kappa shape index (κ2) is 6.66. The van der Waals surface area contributed by atoms with Gasteiger partial charge in [-0.15, -0.1) is 0 Å². The van der Waals surface area contributed by atoms with E-state index in [4.69, 9.17) is 32.7 Å². The average Bonchev–Trinajstić information content (AvgIpc) is 3.06. The first kappa shape index (κ1) is 15.8. The van der Waals surface area contributed by atoms with Crippen molar-refractivity contribution in [1.29, 1.82) is 0 Å². The maximum absolute atomic E-state index is 6.15. The van der Waals surface area contributed by atoms with Crippen molar-refractivity contribution in [3.8, 4) is 11.5 Å². The third-order valence-corrected chi connectivity index (χ3v) is 4.04. The second-order valence-corrected chi connectivity index (χ2v) is 6.05. The van der Waals surface area contributed by atoms with E-state index in [0.29, 0.717) is 33.2 Å². The highest BCUT2D eigenvalue weighted by Gasteiger charge is 2.13. The van der Waals surface area contributed by atoms with Crippen LogP contribution in [-0.2, 0) is 0 Å². The summed E-state index contributed by atoms with van der Waals surface area (Å²) >= 11 is 12.1. The van der Waals surface area contributed by atoms with Gasteiger partial charge in [-0.25, -0.2) is 4.98 Å². The Hall–Kier alpha value is -2.70. The lowest BCUT2D eigenvalue weighted by atomic mass is 10.3. The van der Waals surface area contributed by atoms with Crippen LogP contribution >= 0.6 is 23.2 Å². The van der Waals surface area contributed by atoms with E-state index in [2.05, 4.69) is 20.6 Å². The summed E-state index contributed by atoms with van der Waals surface area (Å²) in [5.74, 6) is 2.44. The lowest BCUT2D eigenvalue weighted by Crippen LogP contribution is -2.00. The van der Waals surface area contributed by atoms with E-state index in [1.54, 1.807) is 30.5 Å². The molecule has 0 amide bonds. The molecule has 0 aliphatic carbocycles. The Morgan fingerprint density at radius 1 is 0.920 bits per heavy atom. The first-order valence-corrected chi connectivity index (χ1v) is 8.15. The molecule has 8 heteroatoms. The fourth-order valence-corrected chi connectivity index (χ4v) is 2.66. The molecule has 6 nitrogen and oxygen atoms in total. The fourth-order valence-electron chi connectivity index (χ4n) is 2.32. The molecular weight excluding hydrogens is 363 g/mol. The number of nitrogens with zero attached hydrogens (tertiary/aromatic N) is 2. The predicted molar refractivity (Wildman–Crippen MR) is 97.6 cm³/mol. The van der Waals surface area contributed by atoms with E-state index >= 15 is 0 Å². The van der Waals surface area contributed by atoms with Crippen molar-refractivity contribution in [2.45, 2.75) is 0 Å². The third kappa shape index (κ3) is 3.55. The van der Waals surface area contributed by atoms with Crippen LogP contribution in [0.2, 0.25) is 10.0 Å². The van der Waals surface area contributed by atoms with Crippen LogP contribution in [0.5, 0.6) is 11.5 Å². The van der Waals surface area contributed by atoms with Gasteiger partial charge in [-0.2, -0.15) is 4.98 Å². The number of ether oxygens (including phenoxy) is 2. The summed E-state index contributed by atoms with van der Waals surface area (Å²) in [6, 6.07) is 12.5. The van der Waals surface area contributed by atoms with E-state index in [1.807, 2.05) is 18.2 Å². The molecule has 25 heavy (non-hydrogen) atoms. The van der Waals surface area contributed by atoms with Crippen molar-refractivity contribution in [2.75, 3.05) is 17.4 Å². The molecule has 2 aromatic carbocycles. The smallest absolute Gasteiger partial charge is 0.231 e. The Morgan fingerprint density at radius 2 is 1.80 bits per heavy atom. The number of benzene rings is 2. The molecule has 1 aliphatic rings. The summed E-state index contributed by atoms with van der Waals surface area (Å²) in [4.78, 5) is 8.62. The lowest BCUT2D eigenvalue weighted by Gasteiger charge is -2.10. The normalized spacial score (nSPS) is 12.1. The molecule has 0 unspecified atom stereocenters. The van der Waals surface area contributed by atoms with Crippen LogP contribution in [-0.4, -0.2) is 16.8 Å². The van der Waals surface area contributed by atoms with Crippen LogP contribution in [0, 0.1) is 0 Å². The molecule has 0 saturated heterocycles. The molecule has 1 aromatic heterocycles. The number of halogens is 2. The van der Waals surface area contributed by atoms with Crippen molar-refractivity contribution in [3.05, 3.63) is 58.7 Å². The number of hydrogen-bond acceptors (Lipinski definition) is 6. The van der Waals surface area contributed by atoms with Gasteiger partial charge in [-0.1, -0.05) is 23.2 Å². The molecule has 0 radical (unpaired) electrons. The lowest BCUT2D eigenvalue weighted by molar-refractivity contribution is 0.174. The highest BCUT2D eigenvalue weighted by molar-refractivity contribution is 6.35.